The number of rotatable bonds is 31. The van der Waals surface area contributed by atoms with E-state index in [0.29, 0.717) is 92.8 Å². The minimum atomic E-state index is -0.152. The smallest absolute Gasteiger partial charge is 0.229 e. The van der Waals surface area contributed by atoms with Crippen LogP contribution >= 0.6 is 0 Å². The first-order chi connectivity index (χ1) is 71.8. The van der Waals surface area contributed by atoms with Gasteiger partial charge in [-0.3, -0.25) is 24.0 Å². The van der Waals surface area contributed by atoms with E-state index >= 15 is 0 Å². The summed E-state index contributed by atoms with van der Waals surface area (Å²) >= 11 is 0. The average molecular weight is 1920 g/mol. The molecule has 14 aromatic carbocycles. The number of aromatic nitrogens is 10. The Morgan fingerprint density at radius 2 is 0.507 bits per heavy atom. The lowest BCUT2D eigenvalue weighted by Gasteiger charge is -2.21. The summed E-state index contributed by atoms with van der Waals surface area (Å²) in [6.07, 6.45) is 21.8. The Morgan fingerprint density at radius 1 is 0.247 bits per heavy atom. The second kappa shape index (κ2) is 53.6. The maximum atomic E-state index is 12.9. The summed E-state index contributed by atoms with van der Waals surface area (Å²) in [6, 6.07) is 135. The maximum Gasteiger partial charge on any atom is 0.229 e. The van der Waals surface area contributed by atoms with Crippen LogP contribution in [-0.2, 0) is 75.3 Å². The van der Waals surface area contributed by atoms with Crippen molar-refractivity contribution in [2.75, 3.05) is 26.6 Å². The van der Waals surface area contributed by atoms with E-state index in [9.17, 15) is 24.0 Å². The summed E-state index contributed by atoms with van der Waals surface area (Å²) in [5, 5.41) is 17.0. The maximum absolute atomic E-state index is 12.9. The molecule has 20 heteroatoms. The number of fused-ring (bicyclic) bond motifs is 1. The fourth-order valence-electron chi connectivity index (χ4n) is 17.1. The molecular weight excluding hydrogens is 1800 g/mol. The molecule has 1 aliphatic carbocycles. The largest absolute Gasteiger partial charge is 0.309 e. The molecular formula is C126H115N15O5. The molecule has 5 heterocycles. The van der Waals surface area contributed by atoms with E-state index in [-0.39, 0.29) is 36.0 Å². The number of carbonyl (C=O) groups excluding carboxylic acids is 5. The third kappa shape index (κ3) is 31.5. The van der Waals surface area contributed by atoms with Crippen LogP contribution in [0.2, 0.25) is 0 Å². The Morgan fingerprint density at radius 3 is 0.822 bits per heavy atom. The van der Waals surface area contributed by atoms with Gasteiger partial charge in [0.05, 0.1) is 94.3 Å². The number of anilines is 5. The van der Waals surface area contributed by atoms with Gasteiger partial charge < -0.3 is 26.6 Å². The third-order valence-corrected chi connectivity index (χ3v) is 24.5. The number of nitrogens with zero attached hydrogens (tertiary/aromatic N) is 10. The lowest BCUT2D eigenvalue weighted by Crippen LogP contribution is -2.20. The van der Waals surface area contributed by atoms with Crippen LogP contribution in [0, 0.1) is 5.92 Å². The normalized spacial score (nSPS) is 11.3. The molecule has 1 aliphatic rings. The van der Waals surface area contributed by atoms with Crippen LogP contribution in [-0.4, -0.2) is 79.4 Å². The zero-order chi connectivity index (χ0) is 100. The number of hydrogen-bond donors (Lipinski definition) is 5. The van der Waals surface area contributed by atoms with Crippen molar-refractivity contribution < 1.29 is 24.0 Å². The number of amides is 5. The summed E-state index contributed by atoms with van der Waals surface area (Å²) in [7, 11) is 0. The Balaban J connectivity index is 0.000000131. The number of carbonyl (C=O) groups is 5. The van der Waals surface area contributed by atoms with E-state index in [1.54, 1.807) is 31.0 Å². The van der Waals surface area contributed by atoms with Gasteiger partial charge in [0, 0.05) is 86.1 Å². The van der Waals surface area contributed by atoms with Crippen LogP contribution in [0.4, 0.5) is 29.1 Å². The Labute approximate surface area is 853 Å². The highest BCUT2D eigenvalue weighted by Crippen LogP contribution is 2.32. The molecule has 1 saturated carbocycles. The van der Waals surface area contributed by atoms with E-state index in [1.165, 1.54) is 31.7 Å². The summed E-state index contributed by atoms with van der Waals surface area (Å²) in [5.41, 5.74) is 21.8. The van der Waals surface area contributed by atoms with Crippen molar-refractivity contribution in [1.82, 2.24) is 49.8 Å². The molecule has 0 radical (unpaired) electrons. The van der Waals surface area contributed by atoms with Crippen LogP contribution in [0.1, 0.15) is 138 Å². The van der Waals surface area contributed by atoms with Crippen LogP contribution in [0.15, 0.2) is 437 Å². The predicted octanol–water partition coefficient (Wildman–Crippen LogP) is 26.4. The average Bonchev–Trinajstić information content (AvgIpc) is 0.847. The first kappa shape index (κ1) is 101. The van der Waals surface area contributed by atoms with Crippen LogP contribution in [0.3, 0.4) is 0 Å². The highest BCUT2D eigenvalue weighted by Gasteiger charge is 2.23. The van der Waals surface area contributed by atoms with E-state index < -0.39 is 0 Å². The lowest BCUT2D eigenvalue weighted by atomic mass is 9.87. The molecule has 146 heavy (non-hydrogen) atoms. The van der Waals surface area contributed by atoms with Gasteiger partial charge in [-0.05, 0) is 93.3 Å². The Bertz CT molecular complexity index is 7390. The zero-order valence-corrected chi connectivity index (χ0v) is 81.7. The molecule has 0 bridgehead atoms. The number of aryl methyl sites for hydroxylation is 2. The molecule has 5 amide bonds. The molecule has 19 aromatic rings. The van der Waals surface area contributed by atoms with Gasteiger partial charge in [-0.25, -0.2) is 49.8 Å². The molecule has 0 aliphatic heterocycles. The second-order valence-corrected chi connectivity index (χ2v) is 35.7. The van der Waals surface area contributed by atoms with Gasteiger partial charge in [0.15, 0.2) is 29.1 Å². The van der Waals surface area contributed by atoms with Crippen molar-refractivity contribution in [1.29, 1.82) is 0 Å². The lowest BCUT2D eigenvalue weighted by molar-refractivity contribution is -0.117. The molecule has 20 rings (SSSR count). The first-order valence-electron chi connectivity index (χ1n) is 49.6. The number of benzene rings is 14. The number of nitrogens with one attached hydrogen (secondary N) is 5. The van der Waals surface area contributed by atoms with Gasteiger partial charge in [0.1, 0.15) is 0 Å². The Hall–Kier alpha value is -17.9. The molecule has 0 atom stereocenters. The van der Waals surface area contributed by atoms with Crippen molar-refractivity contribution in [3.63, 3.8) is 0 Å². The SMILES string of the molecule is CC(=O)Nc1ncc(-c2ccccc2)nc1Cc1ccccc1.O=C(CC1CCCCC1)Nc1ncc(-c2ccccc2)nc1Cc1ccccc1.O=C(CCCc1ccccc1)Nc1ncc(-c2ccccc2)nc1Cc1ccccc1.O=C(CCc1ccccc1)Nc1ncc(-c2ccccc2)nc1Cc1ccccc1.O=C(Cc1ccc2ccccc2c1)Nc1ncc(-c2ccccc2)nc1Cc1ccccc1. The highest BCUT2D eigenvalue weighted by molar-refractivity contribution is 5.95. The Kier molecular flexibility index (Phi) is 37.1. The van der Waals surface area contributed by atoms with Gasteiger partial charge in [0.25, 0.3) is 0 Å². The minimum Gasteiger partial charge on any atom is -0.309 e. The molecule has 0 saturated heterocycles. The summed E-state index contributed by atoms with van der Waals surface area (Å²) in [5.74, 6) is 2.85. The van der Waals surface area contributed by atoms with Gasteiger partial charge in [-0.15, -0.1) is 0 Å². The standard InChI is InChI=1S/C29H23N3O.C27H25N3O.C26H23N3O.C25H27N3O.C19H17N3O/c33-28(19-22-15-16-23-11-7-8-14-25(23)17-22)32-29-26(18-21-9-3-1-4-10-21)31-27(20-30-29)24-12-5-2-6-13-24;31-26(18-10-15-21-11-4-1-5-12-21)30-27-24(19-22-13-6-2-7-14-22)29-25(20-28-27)23-16-8-3-9-17-23;30-25(17-16-20-10-4-1-5-11-20)29-26-23(18-21-12-6-2-7-13-21)28-24(19-27-26)22-14-8-3-9-15-22;29-24(17-20-12-6-2-7-13-20)28-25-22(16-19-10-4-1-5-11-19)27-23(18-26-25)21-14-8-3-9-15-21;1-14(23)21-19-17(12-15-8-4-2-5-9-15)22-18(13-20-19)16-10-6-3-7-11-16/h1-17,20H,18-19H2,(H,30,32,33);1-9,11-14,16-17,20H,10,15,18-19H2,(H,28,30,31);1-15,19H,16-18H2,(H,27,29,30);1,3-5,8-11,14-15,18,20H,2,6-7,12-13,16-17H2,(H,26,28,29);2-11,13H,12H2,1H3,(H,20,21,23). The molecule has 20 nitrogen and oxygen atoms in total. The summed E-state index contributed by atoms with van der Waals surface area (Å²) < 4.78 is 0. The first-order valence-corrected chi connectivity index (χ1v) is 49.6. The van der Waals surface area contributed by atoms with Gasteiger partial charge >= 0.3 is 0 Å². The van der Waals surface area contributed by atoms with E-state index in [0.717, 1.165) is 160 Å². The molecule has 5 N–H and O–H groups in total. The van der Waals surface area contributed by atoms with Gasteiger partial charge in [-0.2, -0.15) is 0 Å². The van der Waals surface area contributed by atoms with Crippen LogP contribution in [0.5, 0.6) is 0 Å². The highest BCUT2D eigenvalue weighted by atomic mass is 16.2. The predicted molar refractivity (Wildman–Crippen MR) is 585 cm³/mol. The molecule has 5 aromatic heterocycles. The topological polar surface area (TPSA) is 274 Å². The number of hydrogen-bond acceptors (Lipinski definition) is 15. The van der Waals surface area contributed by atoms with Crippen molar-refractivity contribution in [3.05, 3.63) is 510 Å². The van der Waals surface area contributed by atoms with Crippen LogP contribution in [0.25, 0.3) is 67.1 Å². The molecule has 0 unspecified atom stereocenters. The van der Waals surface area contributed by atoms with Gasteiger partial charge in [-0.1, -0.05) is 426 Å². The summed E-state index contributed by atoms with van der Waals surface area (Å²) in [6.45, 7) is 1.47. The van der Waals surface area contributed by atoms with Crippen molar-refractivity contribution in [2.45, 2.75) is 116 Å². The molecule has 0 spiro atoms. The fourth-order valence-corrected chi connectivity index (χ4v) is 17.1. The quantitative estimate of drug-likeness (QED) is 0.0270. The van der Waals surface area contributed by atoms with E-state index in [4.69, 9.17) is 24.9 Å². The summed E-state index contributed by atoms with van der Waals surface area (Å²) in [4.78, 5) is 109. The van der Waals surface area contributed by atoms with Crippen LogP contribution < -0.4 is 26.6 Å². The zero-order valence-electron chi connectivity index (χ0n) is 81.7. The minimum absolute atomic E-state index is 0.0352. The van der Waals surface area contributed by atoms with Crippen molar-refractivity contribution in [3.8, 4) is 56.3 Å². The fraction of sp³-hybridized carbons (Fsp3) is 0.151. The monoisotopic (exact) mass is 1920 g/mol. The second-order valence-electron chi connectivity index (χ2n) is 35.7. The molecule has 724 valence electrons. The van der Waals surface area contributed by atoms with E-state index in [1.807, 2.05) is 328 Å². The van der Waals surface area contributed by atoms with Crippen molar-refractivity contribution >= 4 is 69.4 Å². The third-order valence-electron chi connectivity index (χ3n) is 24.5. The van der Waals surface area contributed by atoms with Gasteiger partial charge in [0.2, 0.25) is 29.5 Å². The van der Waals surface area contributed by atoms with E-state index in [2.05, 4.69) is 130 Å². The molecule has 1 fully saturated rings. The van der Waals surface area contributed by atoms with Crippen molar-refractivity contribution in [2.24, 2.45) is 5.92 Å².